The van der Waals surface area contributed by atoms with Gasteiger partial charge in [-0.1, -0.05) is 26.8 Å². The van der Waals surface area contributed by atoms with E-state index in [-0.39, 0.29) is 0 Å². The molecule has 88 valence electrons. The van der Waals surface area contributed by atoms with Gasteiger partial charge in [-0.25, -0.2) is 0 Å². The van der Waals surface area contributed by atoms with Crippen LogP contribution in [-0.2, 0) is 0 Å². The highest BCUT2D eigenvalue weighted by Crippen LogP contribution is 2.38. The highest BCUT2D eigenvalue weighted by Gasteiger charge is 2.32. The van der Waals surface area contributed by atoms with E-state index in [1.165, 1.54) is 19.3 Å². The number of hydrogen-bond donors (Lipinski definition) is 1. The molecule has 1 aliphatic rings. The topological polar surface area (TPSA) is 12.0 Å². The van der Waals surface area contributed by atoms with Gasteiger partial charge in [-0.15, -0.1) is 6.58 Å². The lowest BCUT2D eigenvalue weighted by atomic mass is 9.70. The van der Waals surface area contributed by atoms with E-state index in [1.54, 1.807) is 0 Å². The molecule has 0 amide bonds. The smallest absolute Gasteiger partial charge is 0.00772 e. The minimum atomic E-state index is 0.517. The fourth-order valence-corrected chi connectivity index (χ4v) is 3.19. The van der Waals surface area contributed by atoms with Crippen molar-refractivity contribution in [3.05, 3.63) is 12.7 Å². The summed E-state index contributed by atoms with van der Waals surface area (Å²) in [5.74, 6) is 0.863. The SMILES string of the molecule is C=CCC(C)NC1CC(C)CC(C)(C)C1. The molecular weight excluding hydrogens is 182 g/mol. The Bertz CT molecular complexity index is 207. The molecular formula is C14H27N. The molecule has 0 aromatic carbocycles. The monoisotopic (exact) mass is 209 g/mol. The first-order valence-corrected chi connectivity index (χ1v) is 6.30. The molecule has 3 atom stereocenters. The van der Waals surface area contributed by atoms with Crippen LogP contribution in [0.4, 0.5) is 0 Å². The van der Waals surface area contributed by atoms with Crippen LogP contribution in [0.1, 0.15) is 53.4 Å². The van der Waals surface area contributed by atoms with E-state index >= 15 is 0 Å². The van der Waals surface area contributed by atoms with Crippen LogP contribution in [0.5, 0.6) is 0 Å². The molecule has 0 aliphatic heterocycles. The van der Waals surface area contributed by atoms with Crippen molar-refractivity contribution in [2.24, 2.45) is 11.3 Å². The number of hydrogen-bond acceptors (Lipinski definition) is 1. The largest absolute Gasteiger partial charge is 0.311 e. The molecule has 1 fully saturated rings. The van der Waals surface area contributed by atoms with Crippen molar-refractivity contribution in [2.45, 2.75) is 65.5 Å². The first-order valence-electron chi connectivity index (χ1n) is 6.30. The Morgan fingerprint density at radius 3 is 2.67 bits per heavy atom. The molecule has 1 heteroatoms. The highest BCUT2D eigenvalue weighted by atomic mass is 14.9. The second kappa shape index (κ2) is 5.16. The van der Waals surface area contributed by atoms with Crippen LogP contribution in [0.3, 0.4) is 0 Å². The zero-order valence-electron chi connectivity index (χ0n) is 10.8. The Balaban J connectivity index is 2.44. The van der Waals surface area contributed by atoms with Crippen LogP contribution in [-0.4, -0.2) is 12.1 Å². The summed E-state index contributed by atoms with van der Waals surface area (Å²) in [5.41, 5.74) is 0.517. The summed E-state index contributed by atoms with van der Waals surface area (Å²) in [4.78, 5) is 0. The first kappa shape index (κ1) is 12.8. The quantitative estimate of drug-likeness (QED) is 0.695. The van der Waals surface area contributed by atoms with E-state index in [0.29, 0.717) is 17.5 Å². The zero-order chi connectivity index (χ0) is 11.5. The summed E-state index contributed by atoms with van der Waals surface area (Å²) in [6.45, 7) is 13.2. The maximum Gasteiger partial charge on any atom is 0.00772 e. The molecule has 3 unspecified atom stereocenters. The molecule has 0 heterocycles. The third-order valence-electron chi connectivity index (χ3n) is 3.43. The maximum absolute atomic E-state index is 3.80. The lowest BCUT2D eigenvalue weighted by Gasteiger charge is -2.40. The third kappa shape index (κ3) is 4.38. The normalized spacial score (nSPS) is 32.3. The molecule has 1 rings (SSSR count). The summed E-state index contributed by atoms with van der Waals surface area (Å²) in [5, 5.41) is 3.73. The Morgan fingerprint density at radius 1 is 1.47 bits per heavy atom. The van der Waals surface area contributed by atoms with Crippen molar-refractivity contribution in [3.63, 3.8) is 0 Å². The molecule has 0 aromatic heterocycles. The molecule has 15 heavy (non-hydrogen) atoms. The van der Waals surface area contributed by atoms with Gasteiger partial charge in [0.05, 0.1) is 0 Å². The lowest BCUT2D eigenvalue weighted by molar-refractivity contribution is 0.146. The van der Waals surface area contributed by atoms with Crippen LogP contribution in [0.15, 0.2) is 12.7 Å². The second-order valence-corrected chi connectivity index (χ2v) is 6.20. The predicted octanol–water partition coefficient (Wildman–Crippen LogP) is 3.76. The van der Waals surface area contributed by atoms with Crippen molar-refractivity contribution in [1.29, 1.82) is 0 Å². The van der Waals surface area contributed by atoms with E-state index in [4.69, 9.17) is 0 Å². The van der Waals surface area contributed by atoms with Crippen molar-refractivity contribution >= 4 is 0 Å². The van der Waals surface area contributed by atoms with Crippen molar-refractivity contribution in [3.8, 4) is 0 Å². The average molecular weight is 209 g/mol. The van der Waals surface area contributed by atoms with Crippen LogP contribution in [0, 0.1) is 11.3 Å². The van der Waals surface area contributed by atoms with Crippen LogP contribution < -0.4 is 5.32 Å². The molecule has 0 aromatic rings. The first-order chi connectivity index (χ1) is 6.93. The molecule has 0 spiro atoms. The van der Waals surface area contributed by atoms with E-state index in [9.17, 15) is 0 Å². The van der Waals surface area contributed by atoms with Crippen LogP contribution in [0.2, 0.25) is 0 Å². The maximum atomic E-state index is 3.80. The minimum Gasteiger partial charge on any atom is -0.311 e. The zero-order valence-corrected chi connectivity index (χ0v) is 10.8. The molecule has 1 nitrogen and oxygen atoms in total. The van der Waals surface area contributed by atoms with Gasteiger partial charge in [0.15, 0.2) is 0 Å². The van der Waals surface area contributed by atoms with Crippen LogP contribution >= 0.6 is 0 Å². The minimum absolute atomic E-state index is 0.517. The van der Waals surface area contributed by atoms with E-state index in [0.717, 1.165) is 12.3 Å². The Kier molecular flexibility index (Phi) is 4.39. The van der Waals surface area contributed by atoms with E-state index < -0.39 is 0 Å². The fourth-order valence-electron chi connectivity index (χ4n) is 3.19. The van der Waals surface area contributed by atoms with Gasteiger partial charge in [-0.05, 0) is 43.9 Å². The van der Waals surface area contributed by atoms with Gasteiger partial charge in [0, 0.05) is 12.1 Å². The van der Waals surface area contributed by atoms with Gasteiger partial charge in [0.2, 0.25) is 0 Å². The van der Waals surface area contributed by atoms with E-state index in [1.807, 2.05) is 6.08 Å². The van der Waals surface area contributed by atoms with Crippen molar-refractivity contribution < 1.29 is 0 Å². The van der Waals surface area contributed by atoms with Gasteiger partial charge in [-0.3, -0.25) is 0 Å². The Morgan fingerprint density at radius 2 is 2.13 bits per heavy atom. The average Bonchev–Trinajstić information content (AvgIpc) is 1.99. The molecule has 1 N–H and O–H groups in total. The Hall–Kier alpha value is -0.300. The Labute approximate surface area is 95.3 Å². The molecule has 1 saturated carbocycles. The van der Waals surface area contributed by atoms with Gasteiger partial charge >= 0.3 is 0 Å². The van der Waals surface area contributed by atoms with Gasteiger partial charge in [0.25, 0.3) is 0 Å². The van der Waals surface area contributed by atoms with Crippen molar-refractivity contribution in [2.75, 3.05) is 0 Å². The van der Waals surface area contributed by atoms with Crippen molar-refractivity contribution in [1.82, 2.24) is 5.32 Å². The summed E-state index contributed by atoms with van der Waals surface area (Å²) < 4.78 is 0. The van der Waals surface area contributed by atoms with Crippen LogP contribution in [0.25, 0.3) is 0 Å². The van der Waals surface area contributed by atoms with Gasteiger partial charge in [0.1, 0.15) is 0 Å². The molecule has 1 aliphatic carbocycles. The number of nitrogens with one attached hydrogen (secondary N) is 1. The summed E-state index contributed by atoms with van der Waals surface area (Å²) >= 11 is 0. The molecule has 0 saturated heterocycles. The third-order valence-corrected chi connectivity index (χ3v) is 3.43. The summed E-state index contributed by atoms with van der Waals surface area (Å²) in [6.07, 6.45) is 7.12. The summed E-state index contributed by atoms with van der Waals surface area (Å²) in [7, 11) is 0. The van der Waals surface area contributed by atoms with Gasteiger partial charge in [-0.2, -0.15) is 0 Å². The number of rotatable bonds is 4. The standard InChI is InChI=1S/C14H27N/c1-6-7-12(3)15-13-8-11(2)9-14(4,5)10-13/h6,11-13,15H,1,7-10H2,2-5H3. The lowest BCUT2D eigenvalue weighted by Crippen LogP contribution is -2.43. The van der Waals surface area contributed by atoms with Gasteiger partial charge < -0.3 is 5.32 Å². The predicted molar refractivity (Wildman–Crippen MR) is 68.0 cm³/mol. The summed E-state index contributed by atoms with van der Waals surface area (Å²) in [6, 6.07) is 1.28. The fraction of sp³-hybridized carbons (Fsp3) is 0.857. The highest BCUT2D eigenvalue weighted by molar-refractivity contribution is 4.88. The molecule has 0 bridgehead atoms. The molecule has 0 radical (unpaired) electrons. The second-order valence-electron chi connectivity index (χ2n) is 6.20. The van der Waals surface area contributed by atoms with E-state index in [2.05, 4.69) is 39.6 Å².